The van der Waals surface area contributed by atoms with E-state index in [9.17, 15) is 23.1 Å². The van der Waals surface area contributed by atoms with Gasteiger partial charge in [-0.25, -0.2) is 17.6 Å². The average Bonchev–Trinajstić information content (AvgIpc) is 2.94. The van der Waals surface area contributed by atoms with Crippen LogP contribution in [0.15, 0.2) is 36.5 Å². The number of hydrogen-bond donors (Lipinski definition) is 2. The van der Waals surface area contributed by atoms with E-state index in [2.05, 4.69) is 9.88 Å². The van der Waals surface area contributed by atoms with Gasteiger partial charge in [-0.05, 0) is 99.6 Å². The lowest BCUT2D eigenvalue weighted by molar-refractivity contribution is -0.153. The fourth-order valence-corrected chi connectivity index (χ4v) is 5.47. The van der Waals surface area contributed by atoms with Gasteiger partial charge in [0.1, 0.15) is 11.9 Å². The van der Waals surface area contributed by atoms with Crippen molar-refractivity contribution in [2.45, 2.75) is 51.2 Å². The molecule has 0 amide bonds. The summed E-state index contributed by atoms with van der Waals surface area (Å²) in [4.78, 5) is 18.8. The summed E-state index contributed by atoms with van der Waals surface area (Å²) in [7, 11) is 1.53. The Kier molecular flexibility index (Phi) is 9.07. The van der Waals surface area contributed by atoms with Crippen LogP contribution in [-0.2, 0) is 17.8 Å². The molecule has 3 N–H and O–H groups in total. The Morgan fingerprint density at radius 2 is 1.87 bits per heavy atom. The Bertz CT molecular complexity index is 1300. The van der Waals surface area contributed by atoms with E-state index in [0.717, 1.165) is 12.1 Å². The molecule has 6 nitrogen and oxygen atoms in total. The number of halogens is 4. The molecule has 0 spiro atoms. The molecular weight excluding hydrogens is 514 g/mol. The first-order valence-corrected chi connectivity index (χ1v) is 13.1. The summed E-state index contributed by atoms with van der Waals surface area (Å²) < 4.78 is 61.2. The van der Waals surface area contributed by atoms with Crippen molar-refractivity contribution in [3.8, 4) is 5.75 Å². The van der Waals surface area contributed by atoms with Gasteiger partial charge in [0, 0.05) is 23.7 Å². The van der Waals surface area contributed by atoms with Crippen molar-refractivity contribution in [2.24, 2.45) is 11.1 Å². The summed E-state index contributed by atoms with van der Waals surface area (Å²) in [5.41, 5.74) is 6.81. The second kappa shape index (κ2) is 12.3. The van der Waals surface area contributed by atoms with Crippen LogP contribution in [-0.4, -0.2) is 47.7 Å². The minimum atomic E-state index is -1.48. The topological polar surface area (TPSA) is 88.7 Å². The van der Waals surface area contributed by atoms with E-state index in [0.29, 0.717) is 78.7 Å². The van der Waals surface area contributed by atoms with E-state index in [1.165, 1.54) is 7.11 Å². The summed E-state index contributed by atoms with van der Waals surface area (Å²) >= 11 is 0. The fourth-order valence-electron chi connectivity index (χ4n) is 5.47. The molecule has 0 saturated carbocycles. The van der Waals surface area contributed by atoms with Crippen LogP contribution >= 0.6 is 0 Å². The highest BCUT2D eigenvalue weighted by molar-refractivity contribution is 5.85. The Hall–Kier alpha value is -3.24. The molecule has 4 rings (SSSR count). The van der Waals surface area contributed by atoms with Gasteiger partial charge in [-0.3, -0.25) is 9.78 Å². The normalized spacial score (nSPS) is 16.4. The number of aromatic nitrogens is 1. The van der Waals surface area contributed by atoms with Crippen molar-refractivity contribution in [2.75, 3.05) is 26.7 Å². The number of aliphatic carboxylic acids is 1. The van der Waals surface area contributed by atoms with Gasteiger partial charge in [-0.2, -0.15) is 0 Å². The largest absolute Gasteiger partial charge is 0.497 e. The van der Waals surface area contributed by atoms with Crippen LogP contribution < -0.4 is 10.5 Å². The molecule has 210 valence electrons. The number of nitrogens with two attached hydrogens (primary N) is 1. The van der Waals surface area contributed by atoms with Crippen LogP contribution in [0.25, 0.3) is 10.9 Å². The lowest BCUT2D eigenvalue weighted by Gasteiger charge is -2.39. The summed E-state index contributed by atoms with van der Waals surface area (Å²) in [5, 5.41) is 10.7. The van der Waals surface area contributed by atoms with Crippen LogP contribution in [0.4, 0.5) is 17.6 Å². The number of aryl methyl sites for hydroxylation is 1. The second-order valence-corrected chi connectivity index (χ2v) is 10.2. The van der Waals surface area contributed by atoms with Crippen molar-refractivity contribution >= 4 is 16.9 Å². The maximum atomic E-state index is 15.8. The van der Waals surface area contributed by atoms with Crippen molar-refractivity contribution in [1.29, 1.82) is 0 Å². The highest BCUT2D eigenvalue weighted by Crippen LogP contribution is 2.41. The zero-order chi connectivity index (χ0) is 28.2. The molecule has 1 aromatic heterocycles. The lowest BCUT2D eigenvalue weighted by Crippen LogP contribution is -2.44. The number of hydrogen-bond acceptors (Lipinski definition) is 5. The molecule has 0 bridgehead atoms. The highest BCUT2D eigenvalue weighted by Gasteiger charge is 2.41. The third kappa shape index (κ3) is 6.33. The van der Waals surface area contributed by atoms with E-state index >= 15 is 4.39 Å². The Labute approximate surface area is 224 Å². The zero-order valence-electron chi connectivity index (χ0n) is 21.9. The number of alkyl halides is 1. The van der Waals surface area contributed by atoms with E-state index in [1.54, 1.807) is 24.4 Å². The molecule has 1 atom stereocenters. The van der Waals surface area contributed by atoms with E-state index in [4.69, 9.17) is 10.5 Å². The first-order valence-electron chi connectivity index (χ1n) is 13.1. The van der Waals surface area contributed by atoms with Crippen LogP contribution in [0.5, 0.6) is 5.75 Å². The lowest BCUT2D eigenvalue weighted by atomic mass is 9.74. The molecule has 1 unspecified atom stereocenters. The van der Waals surface area contributed by atoms with E-state index in [-0.39, 0.29) is 19.4 Å². The smallest absolute Gasteiger partial charge is 0.309 e. The molecule has 1 fully saturated rings. The van der Waals surface area contributed by atoms with Gasteiger partial charge in [-0.1, -0.05) is 0 Å². The molecule has 10 heteroatoms. The van der Waals surface area contributed by atoms with Crippen molar-refractivity contribution in [1.82, 2.24) is 9.88 Å². The number of rotatable bonds is 11. The van der Waals surface area contributed by atoms with Crippen molar-refractivity contribution in [3.63, 3.8) is 0 Å². The molecule has 2 aromatic carbocycles. The van der Waals surface area contributed by atoms with Crippen LogP contribution in [0.2, 0.25) is 0 Å². The molecule has 1 aliphatic rings. The molecule has 0 radical (unpaired) electrons. The van der Waals surface area contributed by atoms with Crippen LogP contribution in [0, 0.1) is 22.9 Å². The molecule has 3 aromatic rings. The number of likely N-dealkylation sites (tertiary alicyclic amines) is 1. The predicted molar refractivity (Wildman–Crippen MR) is 140 cm³/mol. The number of methoxy groups -OCH3 is 1. The summed E-state index contributed by atoms with van der Waals surface area (Å²) in [6.45, 7) is 1.73. The fraction of sp³-hybridized carbons (Fsp3) is 0.448. The van der Waals surface area contributed by atoms with Gasteiger partial charge in [0.2, 0.25) is 0 Å². The Morgan fingerprint density at radius 3 is 2.49 bits per heavy atom. The number of pyridine rings is 1. The summed E-state index contributed by atoms with van der Waals surface area (Å²) in [6, 6.07) is 7.22. The predicted octanol–water partition coefficient (Wildman–Crippen LogP) is 5.71. The maximum absolute atomic E-state index is 15.8. The van der Waals surface area contributed by atoms with Gasteiger partial charge >= 0.3 is 5.97 Å². The number of carboxylic acid groups (broad SMARTS) is 1. The van der Waals surface area contributed by atoms with E-state index < -0.39 is 35.0 Å². The molecule has 2 heterocycles. The molecule has 1 saturated heterocycles. The molecule has 39 heavy (non-hydrogen) atoms. The SMILES string of the molecule is COc1ccc2ncc(CN)c(C(F)CCC3(C(=O)O)CCN(CCCc4cc(F)c(F)c(F)c4)CC3)c2c1. The number of piperidine rings is 1. The van der Waals surface area contributed by atoms with Gasteiger partial charge < -0.3 is 20.5 Å². The van der Waals surface area contributed by atoms with Gasteiger partial charge in [-0.15, -0.1) is 0 Å². The Balaban J connectivity index is 1.38. The number of carbonyl (C=O) groups is 1. The van der Waals surface area contributed by atoms with Crippen molar-refractivity contribution < 1.29 is 32.2 Å². The number of benzene rings is 2. The van der Waals surface area contributed by atoms with E-state index in [1.807, 2.05) is 0 Å². The monoisotopic (exact) mass is 547 g/mol. The minimum absolute atomic E-state index is 0.0251. The third-order valence-electron chi connectivity index (χ3n) is 7.86. The number of ether oxygens (including phenoxy) is 1. The van der Waals surface area contributed by atoms with Gasteiger partial charge in [0.15, 0.2) is 17.5 Å². The average molecular weight is 548 g/mol. The summed E-state index contributed by atoms with van der Waals surface area (Å²) in [6.07, 6.45) is 2.01. The number of fused-ring (bicyclic) bond motifs is 1. The van der Waals surface area contributed by atoms with Crippen LogP contribution in [0.1, 0.15) is 55.0 Å². The number of nitrogens with zero attached hydrogens (tertiary/aromatic N) is 2. The molecule has 0 aliphatic carbocycles. The number of carboxylic acids is 1. The first kappa shape index (κ1) is 28.8. The minimum Gasteiger partial charge on any atom is -0.497 e. The van der Waals surface area contributed by atoms with Gasteiger partial charge in [0.25, 0.3) is 0 Å². The quantitative estimate of drug-likeness (QED) is 0.236. The molecule has 1 aliphatic heterocycles. The Morgan fingerprint density at radius 1 is 1.18 bits per heavy atom. The summed E-state index contributed by atoms with van der Waals surface area (Å²) in [5.74, 6) is -4.27. The zero-order valence-corrected chi connectivity index (χ0v) is 21.9. The highest BCUT2D eigenvalue weighted by atomic mass is 19.2. The molecular formula is C29H33F4N3O3. The second-order valence-electron chi connectivity index (χ2n) is 10.2. The maximum Gasteiger partial charge on any atom is 0.309 e. The standard InChI is InChI=1S/C29H33F4N3O3/c1-39-20-4-5-25-21(15-20)26(19(16-34)17-35-25)22(30)6-7-29(28(37)38)8-11-36(12-9-29)10-2-3-18-13-23(31)27(33)24(32)14-18/h4-5,13-15,17,22H,2-3,6-12,16,34H2,1H3,(H,37,38). The van der Waals surface area contributed by atoms with Crippen molar-refractivity contribution in [3.05, 3.63) is 70.7 Å². The van der Waals surface area contributed by atoms with Gasteiger partial charge in [0.05, 0.1) is 18.0 Å². The first-order chi connectivity index (χ1) is 18.7. The third-order valence-corrected chi connectivity index (χ3v) is 7.86. The van der Waals surface area contributed by atoms with Crippen LogP contribution in [0.3, 0.4) is 0 Å².